The van der Waals surface area contributed by atoms with Crippen LogP contribution >= 0.6 is 0 Å². The molecule has 1 aromatic rings. The molecule has 2 bridgehead atoms. The minimum Gasteiger partial charge on any atom is -0.497 e. The van der Waals surface area contributed by atoms with Gasteiger partial charge in [-0.25, -0.2) is 0 Å². The lowest BCUT2D eigenvalue weighted by molar-refractivity contribution is -0.199. The normalized spacial score (nSPS) is 39.6. The van der Waals surface area contributed by atoms with E-state index >= 15 is 0 Å². The second kappa shape index (κ2) is 4.27. The average molecular weight is 286 g/mol. The smallest absolute Gasteiger partial charge is 0.494 e. The Balaban J connectivity index is 1.59. The Morgan fingerprint density at radius 2 is 1.86 bits per heavy atom. The maximum atomic E-state index is 6.44. The maximum Gasteiger partial charge on any atom is 0.494 e. The van der Waals surface area contributed by atoms with Gasteiger partial charge in [-0.1, -0.05) is 26.0 Å². The van der Waals surface area contributed by atoms with Crippen LogP contribution < -0.4 is 10.2 Å². The third-order valence-electron chi connectivity index (χ3n) is 6.34. The summed E-state index contributed by atoms with van der Waals surface area (Å²) in [4.78, 5) is 0. The van der Waals surface area contributed by atoms with Crippen LogP contribution in [0.2, 0.25) is 0 Å². The number of ether oxygens (including phenoxy) is 1. The Kier molecular flexibility index (Phi) is 2.77. The predicted molar refractivity (Wildman–Crippen MR) is 82.7 cm³/mol. The first-order valence-electron chi connectivity index (χ1n) is 7.92. The van der Waals surface area contributed by atoms with Crippen molar-refractivity contribution >= 4 is 12.6 Å². The summed E-state index contributed by atoms with van der Waals surface area (Å²) in [6.07, 6.45) is 2.66. The molecule has 5 rings (SSSR count). The van der Waals surface area contributed by atoms with Crippen molar-refractivity contribution < 1.29 is 14.0 Å². The molecule has 0 aromatic heterocycles. The average Bonchev–Trinajstić information content (AvgIpc) is 2.84. The van der Waals surface area contributed by atoms with Gasteiger partial charge >= 0.3 is 7.12 Å². The first-order valence-corrected chi connectivity index (χ1v) is 7.92. The summed E-state index contributed by atoms with van der Waals surface area (Å²) in [5.41, 5.74) is 1.34. The van der Waals surface area contributed by atoms with Gasteiger partial charge in [-0.15, -0.1) is 0 Å². The summed E-state index contributed by atoms with van der Waals surface area (Å²) < 4.78 is 17.9. The lowest BCUT2D eigenvalue weighted by Gasteiger charge is -2.64. The van der Waals surface area contributed by atoms with E-state index in [9.17, 15) is 0 Å². The Hall–Kier alpha value is -0.995. The van der Waals surface area contributed by atoms with Gasteiger partial charge in [-0.2, -0.15) is 0 Å². The van der Waals surface area contributed by atoms with Crippen molar-refractivity contribution in [3.8, 4) is 5.75 Å². The minimum atomic E-state index is -0.235. The molecule has 0 unspecified atom stereocenters. The highest BCUT2D eigenvalue weighted by Gasteiger charge is 2.67. The Bertz CT molecular complexity index is 556. The molecule has 1 heterocycles. The minimum absolute atomic E-state index is 0.136. The molecule has 112 valence electrons. The van der Waals surface area contributed by atoms with Gasteiger partial charge in [-0.3, -0.25) is 0 Å². The molecule has 21 heavy (non-hydrogen) atoms. The molecule has 4 fully saturated rings. The highest BCUT2D eigenvalue weighted by molar-refractivity contribution is 6.62. The van der Waals surface area contributed by atoms with E-state index in [4.69, 9.17) is 14.0 Å². The van der Waals surface area contributed by atoms with E-state index in [1.54, 1.807) is 7.11 Å². The van der Waals surface area contributed by atoms with E-state index < -0.39 is 0 Å². The van der Waals surface area contributed by atoms with Gasteiger partial charge in [0, 0.05) is 0 Å². The zero-order chi connectivity index (χ0) is 14.8. The van der Waals surface area contributed by atoms with Gasteiger partial charge in [0.25, 0.3) is 0 Å². The topological polar surface area (TPSA) is 27.7 Å². The van der Waals surface area contributed by atoms with E-state index in [1.807, 2.05) is 24.3 Å². The van der Waals surface area contributed by atoms with Crippen LogP contribution in [0.5, 0.6) is 5.75 Å². The van der Waals surface area contributed by atoms with Crippen molar-refractivity contribution in [2.75, 3.05) is 7.11 Å². The van der Waals surface area contributed by atoms with Gasteiger partial charge in [0.1, 0.15) is 5.75 Å². The van der Waals surface area contributed by atoms with E-state index in [1.165, 1.54) is 6.42 Å². The van der Waals surface area contributed by atoms with Crippen LogP contribution in [-0.2, 0) is 9.31 Å². The highest BCUT2D eigenvalue weighted by atomic mass is 16.7. The van der Waals surface area contributed by atoms with Crippen molar-refractivity contribution in [3.63, 3.8) is 0 Å². The number of hydrogen-bond donors (Lipinski definition) is 0. The first kappa shape index (κ1) is 13.7. The summed E-state index contributed by atoms with van der Waals surface area (Å²) in [5, 5.41) is 0. The molecule has 4 atom stereocenters. The second-order valence-electron chi connectivity index (χ2n) is 7.57. The van der Waals surface area contributed by atoms with Gasteiger partial charge in [0.2, 0.25) is 0 Å². The standard InChI is InChI=1S/C17H23BO3/c1-16(2)11-9-14(16)17(3)15(10-11)20-18(21-17)12-5-7-13(19-4)8-6-12/h5-8,11,14-15H,9-10H2,1-4H3/t11-,14-,15+,17-/m1/s1. The van der Waals surface area contributed by atoms with Crippen molar-refractivity contribution in [3.05, 3.63) is 24.3 Å². The van der Waals surface area contributed by atoms with Crippen LogP contribution in [0.3, 0.4) is 0 Å². The van der Waals surface area contributed by atoms with Crippen molar-refractivity contribution in [1.82, 2.24) is 0 Å². The quantitative estimate of drug-likeness (QED) is 0.782. The van der Waals surface area contributed by atoms with Crippen molar-refractivity contribution in [2.24, 2.45) is 17.3 Å². The van der Waals surface area contributed by atoms with Crippen molar-refractivity contribution in [1.29, 1.82) is 0 Å². The third-order valence-corrected chi connectivity index (χ3v) is 6.34. The first-order chi connectivity index (χ1) is 9.95. The van der Waals surface area contributed by atoms with E-state index in [2.05, 4.69) is 20.8 Å². The molecule has 3 saturated carbocycles. The fourth-order valence-electron chi connectivity index (χ4n) is 4.77. The largest absolute Gasteiger partial charge is 0.497 e. The zero-order valence-electron chi connectivity index (χ0n) is 13.3. The molecule has 0 spiro atoms. The Morgan fingerprint density at radius 3 is 2.48 bits per heavy atom. The highest BCUT2D eigenvalue weighted by Crippen LogP contribution is 2.65. The fraction of sp³-hybridized carbons (Fsp3) is 0.647. The lowest BCUT2D eigenvalue weighted by atomic mass is 9.43. The van der Waals surface area contributed by atoms with Crippen LogP contribution in [0.15, 0.2) is 24.3 Å². The lowest BCUT2D eigenvalue weighted by Crippen LogP contribution is -2.65. The summed E-state index contributed by atoms with van der Waals surface area (Å²) in [7, 11) is 1.45. The summed E-state index contributed by atoms with van der Waals surface area (Å²) in [6.45, 7) is 7.03. The second-order valence-corrected chi connectivity index (χ2v) is 7.57. The van der Waals surface area contributed by atoms with E-state index in [-0.39, 0.29) is 18.8 Å². The van der Waals surface area contributed by atoms with Gasteiger partial charge < -0.3 is 14.0 Å². The Labute approximate surface area is 127 Å². The maximum absolute atomic E-state index is 6.44. The third kappa shape index (κ3) is 1.75. The predicted octanol–water partition coefficient (Wildman–Crippen LogP) is 2.63. The SMILES string of the molecule is COc1ccc(B2O[C@H]3C[C@H]4C[C@H](C4(C)C)[C@@]3(C)O2)cc1. The molecule has 0 amide bonds. The molecular formula is C17H23BO3. The molecule has 3 nitrogen and oxygen atoms in total. The van der Waals surface area contributed by atoms with Gasteiger partial charge in [0.15, 0.2) is 0 Å². The summed E-state index contributed by atoms with van der Waals surface area (Å²) >= 11 is 0. The van der Waals surface area contributed by atoms with Gasteiger partial charge in [0.05, 0.1) is 18.8 Å². The molecule has 4 heteroatoms. The molecule has 1 aromatic carbocycles. The molecular weight excluding hydrogens is 263 g/mol. The number of benzene rings is 1. The van der Waals surface area contributed by atoms with Crippen molar-refractivity contribution in [2.45, 2.75) is 45.3 Å². The van der Waals surface area contributed by atoms with Crippen LogP contribution in [0.25, 0.3) is 0 Å². The van der Waals surface area contributed by atoms with Crippen LogP contribution in [0, 0.1) is 17.3 Å². The number of hydrogen-bond acceptors (Lipinski definition) is 3. The van der Waals surface area contributed by atoms with Gasteiger partial charge in [-0.05, 0) is 54.6 Å². The van der Waals surface area contributed by atoms with E-state index in [0.717, 1.165) is 23.6 Å². The monoisotopic (exact) mass is 286 g/mol. The molecule has 1 aliphatic heterocycles. The Morgan fingerprint density at radius 1 is 1.14 bits per heavy atom. The molecule has 4 aliphatic rings. The molecule has 0 radical (unpaired) electrons. The van der Waals surface area contributed by atoms with Crippen LogP contribution in [-0.4, -0.2) is 25.9 Å². The fourth-order valence-corrected chi connectivity index (χ4v) is 4.77. The number of rotatable bonds is 2. The van der Waals surface area contributed by atoms with E-state index in [0.29, 0.717) is 11.3 Å². The van der Waals surface area contributed by atoms with Crippen LogP contribution in [0.1, 0.15) is 33.6 Å². The summed E-state index contributed by atoms with van der Waals surface area (Å²) in [5.74, 6) is 2.26. The molecule has 1 saturated heterocycles. The summed E-state index contributed by atoms with van der Waals surface area (Å²) in [6, 6.07) is 8.02. The van der Waals surface area contributed by atoms with Crippen LogP contribution in [0.4, 0.5) is 0 Å². The molecule has 3 aliphatic carbocycles. The molecule has 0 N–H and O–H groups in total. The number of methoxy groups -OCH3 is 1. The zero-order valence-corrected chi connectivity index (χ0v) is 13.3.